The Hall–Kier alpha value is -1.69. The number of aliphatic hydroxyl groups is 1. The van der Waals surface area contributed by atoms with Crippen LogP contribution in [-0.4, -0.2) is 17.2 Å². The molecule has 0 saturated heterocycles. The van der Waals surface area contributed by atoms with Crippen LogP contribution in [0.15, 0.2) is 58.1 Å². The standard InChI is InChI=1S/C15H12BrClN2O2/c16-12-6-4-11(5-7-12)14(20)15(21)19-18-9-10-2-1-3-13(17)8-10/h1-9,14,20H,(H,19,21). The van der Waals surface area contributed by atoms with Crippen LogP contribution >= 0.6 is 27.5 Å². The number of amides is 1. The van der Waals surface area contributed by atoms with Crippen molar-refractivity contribution in [1.82, 2.24) is 5.43 Å². The molecule has 21 heavy (non-hydrogen) atoms. The zero-order chi connectivity index (χ0) is 15.2. The van der Waals surface area contributed by atoms with Gasteiger partial charge in [0.05, 0.1) is 6.21 Å². The topological polar surface area (TPSA) is 61.7 Å². The van der Waals surface area contributed by atoms with E-state index in [9.17, 15) is 9.90 Å². The summed E-state index contributed by atoms with van der Waals surface area (Å²) < 4.78 is 0.873. The van der Waals surface area contributed by atoms with Crippen molar-refractivity contribution in [2.75, 3.05) is 0 Å². The van der Waals surface area contributed by atoms with E-state index in [0.717, 1.165) is 10.0 Å². The number of halogens is 2. The lowest BCUT2D eigenvalue weighted by Gasteiger charge is -2.08. The Morgan fingerprint density at radius 3 is 2.67 bits per heavy atom. The molecular formula is C15H12BrClN2O2. The first-order chi connectivity index (χ1) is 10.1. The van der Waals surface area contributed by atoms with Crippen LogP contribution in [0.1, 0.15) is 17.2 Å². The molecule has 0 aliphatic heterocycles. The van der Waals surface area contributed by atoms with Gasteiger partial charge in [-0.1, -0.05) is 51.8 Å². The molecule has 108 valence electrons. The maximum Gasteiger partial charge on any atom is 0.273 e. The van der Waals surface area contributed by atoms with Crippen molar-refractivity contribution in [3.05, 3.63) is 69.2 Å². The first-order valence-electron chi connectivity index (χ1n) is 6.08. The lowest BCUT2D eigenvalue weighted by atomic mass is 10.1. The summed E-state index contributed by atoms with van der Waals surface area (Å²) in [4.78, 5) is 11.8. The van der Waals surface area contributed by atoms with Crippen LogP contribution in [0.2, 0.25) is 5.02 Å². The second-order valence-corrected chi connectivity index (χ2v) is 5.60. The van der Waals surface area contributed by atoms with Crippen LogP contribution in [0.5, 0.6) is 0 Å². The summed E-state index contributed by atoms with van der Waals surface area (Å²) in [6.07, 6.45) is 0.188. The number of hydrogen-bond acceptors (Lipinski definition) is 3. The molecule has 0 bridgehead atoms. The number of nitrogens with zero attached hydrogens (tertiary/aromatic N) is 1. The summed E-state index contributed by atoms with van der Waals surface area (Å²) in [7, 11) is 0. The average molecular weight is 368 g/mol. The molecule has 2 N–H and O–H groups in total. The third kappa shape index (κ3) is 4.67. The first-order valence-corrected chi connectivity index (χ1v) is 7.25. The van der Waals surface area contributed by atoms with Crippen molar-refractivity contribution in [3.8, 4) is 0 Å². The highest BCUT2D eigenvalue weighted by Gasteiger charge is 2.16. The molecule has 0 aliphatic carbocycles. The largest absolute Gasteiger partial charge is 0.378 e. The molecule has 6 heteroatoms. The van der Waals surface area contributed by atoms with Crippen LogP contribution in [0.3, 0.4) is 0 Å². The summed E-state index contributed by atoms with van der Waals surface area (Å²) in [5, 5.41) is 14.3. The molecule has 0 radical (unpaired) electrons. The van der Waals surface area contributed by atoms with Gasteiger partial charge in [-0.15, -0.1) is 0 Å². The molecule has 1 amide bonds. The lowest BCUT2D eigenvalue weighted by Crippen LogP contribution is -2.25. The van der Waals surface area contributed by atoms with Crippen LogP contribution in [-0.2, 0) is 4.79 Å². The van der Waals surface area contributed by atoms with E-state index in [4.69, 9.17) is 11.6 Å². The van der Waals surface area contributed by atoms with Crippen molar-refractivity contribution in [1.29, 1.82) is 0 Å². The Morgan fingerprint density at radius 1 is 1.29 bits per heavy atom. The van der Waals surface area contributed by atoms with E-state index in [-0.39, 0.29) is 0 Å². The van der Waals surface area contributed by atoms with Crippen LogP contribution in [0.25, 0.3) is 0 Å². The highest BCUT2D eigenvalue weighted by molar-refractivity contribution is 9.10. The maximum absolute atomic E-state index is 11.8. The van der Waals surface area contributed by atoms with Crippen molar-refractivity contribution in [2.24, 2.45) is 5.10 Å². The van der Waals surface area contributed by atoms with Crippen LogP contribution < -0.4 is 5.43 Å². The number of carbonyl (C=O) groups excluding carboxylic acids is 1. The number of nitrogens with one attached hydrogen (secondary N) is 1. The number of aliphatic hydroxyl groups excluding tert-OH is 1. The van der Waals surface area contributed by atoms with Crippen LogP contribution in [0, 0.1) is 0 Å². The minimum atomic E-state index is -1.27. The minimum absolute atomic E-state index is 0.494. The normalized spacial score (nSPS) is 12.3. The molecule has 0 spiro atoms. The van der Waals surface area contributed by atoms with Gasteiger partial charge < -0.3 is 5.11 Å². The quantitative estimate of drug-likeness (QED) is 0.643. The zero-order valence-corrected chi connectivity index (χ0v) is 13.2. The van der Waals surface area contributed by atoms with Gasteiger partial charge in [0.25, 0.3) is 5.91 Å². The Bertz CT molecular complexity index is 659. The minimum Gasteiger partial charge on any atom is -0.378 e. The molecule has 0 aromatic heterocycles. The van der Waals surface area contributed by atoms with Crippen molar-refractivity contribution >= 4 is 39.7 Å². The number of hydrazone groups is 1. The molecule has 4 nitrogen and oxygen atoms in total. The van der Waals surface area contributed by atoms with Gasteiger partial charge in [0, 0.05) is 9.50 Å². The molecule has 2 aromatic carbocycles. The Kier molecular flexibility index (Phi) is 5.50. The summed E-state index contributed by atoms with van der Waals surface area (Å²) in [6, 6.07) is 13.9. The first kappa shape index (κ1) is 15.7. The SMILES string of the molecule is O=C(NN=Cc1cccc(Cl)c1)C(O)c1ccc(Br)cc1. The molecule has 2 rings (SSSR count). The molecule has 0 fully saturated rings. The van der Waals surface area contributed by atoms with Crippen LogP contribution in [0.4, 0.5) is 0 Å². The van der Waals surface area contributed by atoms with Gasteiger partial charge in [0.1, 0.15) is 0 Å². The van der Waals surface area contributed by atoms with Gasteiger partial charge in [-0.3, -0.25) is 4.79 Å². The van der Waals surface area contributed by atoms with E-state index in [2.05, 4.69) is 26.5 Å². The van der Waals surface area contributed by atoms with E-state index in [1.807, 2.05) is 0 Å². The molecule has 0 aliphatic rings. The number of hydrogen-bond donors (Lipinski definition) is 2. The fourth-order valence-corrected chi connectivity index (χ4v) is 2.08. The van der Waals surface area contributed by atoms with E-state index in [1.54, 1.807) is 48.5 Å². The third-order valence-corrected chi connectivity index (χ3v) is 3.43. The second kappa shape index (κ2) is 7.36. The molecule has 1 unspecified atom stereocenters. The molecule has 1 atom stereocenters. The van der Waals surface area contributed by atoms with Crippen molar-refractivity contribution < 1.29 is 9.90 Å². The fourth-order valence-electron chi connectivity index (χ4n) is 1.61. The fraction of sp³-hybridized carbons (Fsp3) is 0.0667. The average Bonchev–Trinajstić information content (AvgIpc) is 2.47. The Balaban J connectivity index is 1.96. The summed E-state index contributed by atoms with van der Waals surface area (Å²) in [5.74, 6) is -0.601. The number of carbonyl (C=O) groups is 1. The van der Waals surface area contributed by atoms with E-state index >= 15 is 0 Å². The predicted molar refractivity (Wildman–Crippen MR) is 86.3 cm³/mol. The lowest BCUT2D eigenvalue weighted by molar-refractivity contribution is -0.129. The second-order valence-electron chi connectivity index (χ2n) is 4.24. The van der Waals surface area contributed by atoms with Gasteiger partial charge in [-0.2, -0.15) is 5.10 Å². The maximum atomic E-state index is 11.8. The summed E-state index contributed by atoms with van der Waals surface area (Å²) in [6.45, 7) is 0. The highest BCUT2D eigenvalue weighted by Crippen LogP contribution is 2.16. The van der Waals surface area contributed by atoms with Crippen molar-refractivity contribution in [3.63, 3.8) is 0 Å². The number of rotatable bonds is 4. The predicted octanol–water partition coefficient (Wildman–Crippen LogP) is 3.29. The smallest absolute Gasteiger partial charge is 0.273 e. The summed E-state index contributed by atoms with van der Waals surface area (Å²) >= 11 is 9.13. The zero-order valence-electron chi connectivity index (χ0n) is 10.8. The third-order valence-electron chi connectivity index (χ3n) is 2.67. The molecule has 2 aromatic rings. The molecular weight excluding hydrogens is 356 g/mol. The van der Waals surface area contributed by atoms with E-state index in [1.165, 1.54) is 6.21 Å². The Labute approximate surface area is 135 Å². The molecule has 0 saturated carbocycles. The monoisotopic (exact) mass is 366 g/mol. The number of benzene rings is 2. The van der Waals surface area contributed by atoms with Crippen molar-refractivity contribution in [2.45, 2.75) is 6.10 Å². The molecule has 0 heterocycles. The van der Waals surface area contributed by atoms with Gasteiger partial charge >= 0.3 is 0 Å². The Morgan fingerprint density at radius 2 is 2.00 bits per heavy atom. The van der Waals surface area contributed by atoms with Gasteiger partial charge in [0.15, 0.2) is 6.10 Å². The van der Waals surface area contributed by atoms with E-state index < -0.39 is 12.0 Å². The van der Waals surface area contributed by atoms with Gasteiger partial charge in [-0.25, -0.2) is 5.43 Å². The summed E-state index contributed by atoms with van der Waals surface area (Å²) in [5.41, 5.74) is 3.53. The van der Waals surface area contributed by atoms with E-state index in [0.29, 0.717) is 10.6 Å². The van der Waals surface area contributed by atoms with Gasteiger partial charge in [-0.05, 0) is 35.4 Å². The highest BCUT2D eigenvalue weighted by atomic mass is 79.9. The van der Waals surface area contributed by atoms with Gasteiger partial charge in [0.2, 0.25) is 0 Å².